The molecular formula is C15H28N4O2. The first-order chi connectivity index (χ1) is 10.2. The van der Waals surface area contributed by atoms with E-state index in [0.717, 1.165) is 50.4 Å². The van der Waals surface area contributed by atoms with Gasteiger partial charge in [0.25, 0.3) is 0 Å². The molecule has 0 saturated carbocycles. The second-order valence-corrected chi connectivity index (χ2v) is 5.09. The fourth-order valence-electron chi connectivity index (χ4n) is 1.97. The lowest BCUT2D eigenvalue weighted by atomic mass is 10.2. The molecule has 0 amide bonds. The van der Waals surface area contributed by atoms with Crippen LogP contribution in [0.3, 0.4) is 0 Å². The fourth-order valence-corrected chi connectivity index (χ4v) is 1.97. The highest BCUT2D eigenvalue weighted by Crippen LogP contribution is 2.16. The summed E-state index contributed by atoms with van der Waals surface area (Å²) in [5.74, 6) is 2.44. The van der Waals surface area contributed by atoms with E-state index in [1.54, 1.807) is 7.11 Å². The number of nitrogens with zero attached hydrogens (tertiary/aromatic N) is 3. The Hall–Kier alpha value is -1.40. The Morgan fingerprint density at radius 1 is 1.29 bits per heavy atom. The molecule has 0 saturated heterocycles. The molecule has 0 atom stereocenters. The number of rotatable bonds is 11. The minimum absolute atomic E-state index is 0.264. The normalized spacial score (nSPS) is 10.7. The maximum atomic E-state index is 8.81. The summed E-state index contributed by atoms with van der Waals surface area (Å²) in [5.41, 5.74) is 0. The van der Waals surface area contributed by atoms with Crippen molar-refractivity contribution in [3.05, 3.63) is 11.9 Å². The molecule has 0 bridgehead atoms. The number of nitrogens with one attached hydrogen (secondary N) is 1. The maximum Gasteiger partial charge on any atom is 0.158 e. The predicted molar refractivity (Wildman–Crippen MR) is 85.7 cm³/mol. The van der Waals surface area contributed by atoms with Gasteiger partial charge < -0.3 is 20.1 Å². The molecule has 1 aromatic rings. The van der Waals surface area contributed by atoms with Crippen LogP contribution in [0, 0.1) is 0 Å². The quantitative estimate of drug-likeness (QED) is 0.609. The Morgan fingerprint density at radius 2 is 2.10 bits per heavy atom. The molecule has 21 heavy (non-hydrogen) atoms. The first kappa shape index (κ1) is 17.7. The SMILES string of the molecule is CCCNc1cc(N(C)CCCCCO)nc(COC)n1. The number of hydrogen-bond acceptors (Lipinski definition) is 6. The van der Waals surface area contributed by atoms with Gasteiger partial charge in [-0.2, -0.15) is 0 Å². The van der Waals surface area contributed by atoms with E-state index in [4.69, 9.17) is 9.84 Å². The summed E-state index contributed by atoms with van der Waals surface area (Å²) >= 11 is 0. The Balaban J connectivity index is 2.70. The number of hydrogen-bond donors (Lipinski definition) is 2. The number of unbranched alkanes of at least 4 members (excludes halogenated alkanes) is 2. The van der Waals surface area contributed by atoms with E-state index in [9.17, 15) is 0 Å². The van der Waals surface area contributed by atoms with E-state index in [1.165, 1.54) is 0 Å². The van der Waals surface area contributed by atoms with Crippen molar-refractivity contribution in [1.82, 2.24) is 9.97 Å². The highest BCUT2D eigenvalue weighted by atomic mass is 16.5. The Labute approximate surface area is 127 Å². The Bertz CT molecular complexity index is 401. The molecule has 0 aliphatic carbocycles. The van der Waals surface area contributed by atoms with E-state index in [-0.39, 0.29) is 6.61 Å². The summed E-state index contributed by atoms with van der Waals surface area (Å²) < 4.78 is 5.14. The van der Waals surface area contributed by atoms with Gasteiger partial charge in [0.1, 0.15) is 18.2 Å². The van der Waals surface area contributed by atoms with Crippen molar-refractivity contribution in [2.24, 2.45) is 0 Å². The lowest BCUT2D eigenvalue weighted by Gasteiger charge is -2.19. The summed E-state index contributed by atoms with van der Waals surface area (Å²) in [7, 11) is 3.68. The van der Waals surface area contributed by atoms with Crippen molar-refractivity contribution in [3.8, 4) is 0 Å². The zero-order valence-electron chi connectivity index (χ0n) is 13.4. The molecule has 2 N–H and O–H groups in total. The molecule has 0 aliphatic rings. The number of anilines is 2. The van der Waals surface area contributed by atoms with Crippen LogP contribution in [0.5, 0.6) is 0 Å². The van der Waals surface area contributed by atoms with Crippen molar-refractivity contribution >= 4 is 11.6 Å². The number of methoxy groups -OCH3 is 1. The van der Waals surface area contributed by atoms with Gasteiger partial charge in [0.2, 0.25) is 0 Å². The molecular weight excluding hydrogens is 268 g/mol. The van der Waals surface area contributed by atoms with E-state index in [0.29, 0.717) is 12.4 Å². The summed E-state index contributed by atoms with van der Waals surface area (Å²) in [4.78, 5) is 11.1. The first-order valence-corrected chi connectivity index (χ1v) is 7.64. The molecule has 0 aromatic carbocycles. The van der Waals surface area contributed by atoms with E-state index in [2.05, 4.69) is 27.1 Å². The number of aromatic nitrogens is 2. The molecule has 0 radical (unpaired) electrons. The van der Waals surface area contributed by atoms with Crippen LogP contribution in [0.4, 0.5) is 11.6 Å². The van der Waals surface area contributed by atoms with Crippen LogP contribution in [0.25, 0.3) is 0 Å². The predicted octanol–water partition coefficient (Wildman–Crippen LogP) is 2.04. The average Bonchev–Trinajstić information content (AvgIpc) is 2.49. The smallest absolute Gasteiger partial charge is 0.158 e. The largest absolute Gasteiger partial charge is 0.396 e. The third-order valence-electron chi connectivity index (χ3n) is 3.13. The molecule has 1 heterocycles. The van der Waals surface area contributed by atoms with Crippen LogP contribution < -0.4 is 10.2 Å². The van der Waals surface area contributed by atoms with Crippen LogP contribution in [-0.2, 0) is 11.3 Å². The number of ether oxygens (including phenoxy) is 1. The van der Waals surface area contributed by atoms with Gasteiger partial charge in [0.15, 0.2) is 5.82 Å². The minimum Gasteiger partial charge on any atom is -0.396 e. The lowest BCUT2D eigenvalue weighted by Crippen LogP contribution is -2.21. The second kappa shape index (κ2) is 10.3. The van der Waals surface area contributed by atoms with Crippen LogP contribution in [0.15, 0.2) is 6.07 Å². The van der Waals surface area contributed by atoms with E-state index < -0.39 is 0 Å². The highest BCUT2D eigenvalue weighted by Gasteiger charge is 2.08. The third-order valence-corrected chi connectivity index (χ3v) is 3.13. The average molecular weight is 296 g/mol. The summed E-state index contributed by atoms with van der Waals surface area (Å²) in [5, 5.41) is 12.1. The van der Waals surface area contributed by atoms with Crippen LogP contribution in [0.2, 0.25) is 0 Å². The van der Waals surface area contributed by atoms with E-state index >= 15 is 0 Å². The summed E-state index contributed by atoms with van der Waals surface area (Å²) in [6.07, 6.45) is 3.97. The van der Waals surface area contributed by atoms with Crippen molar-refractivity contribution in [2.75, 3.05) is 44.1 Å². The van der Waals surface area contributed by atoms with Crippen molar-refractivity contribution in [2.45, 2.75) is 39.2 Å². The topological polar surface area (TPSA) is 70.5 Å². The monoisotopic (exact) mass is 296 g/mol. The molecule has 0 fully saturated rings. The summed E-state index contributed by atoms with van der Waals surface area (Å²) in [6.45, 7) is 4.60. The van der Waals surface area contributed by atoms with Gasteiger partial charge in [-0.1, -0.05) is 6.92 Å². The van der Waals surface area contributed by atoms with Crippen LogP contribution in [0.1, 0.15) is 38.4 Å². The third kappa shape index (κ3) is 6.73. The number of aliphatic hydroxyl groups is 1. The van der Waals surface area contributed by atoms with Crippen molar-refractivity contribution in [3.63, 3.8) is 0 Å². The van der Waals surface area contributed by atoms with Gasteiger partial charge in [-0.05, 0) is 25.7 Å². The Kier molecular flexibility index (Phi) is 8.69. The molecule has 0 aliphatic heterocycles. The van der Waals surface area contributed by atoms with Crippen LogP contribution in [-0.4, -0.2) is 48.9 Å². The van der Waals surface area contributed by atoms with Gasteiger partial charge in [-0.3, -0.25) is 0 Å². The number of aliphatic hydroxyl groups excluding tert-OH is 1. The molecule has 0 unspecified atom stereocenters. The Morgan fingerprint density at radius 3 is 2.76 bits per heavy atom. The standard InChI is InChI=1S/C15H28N4O2/c1-4-8-16-13-11-15(18-14(17-13)12-21-3)19(2)9-6-5-7-10-20/h11,20H,4-10,12H2,1-3H3,(H,16,17,18). The van der Waals surface area contributed by atoms with E-state index in [1.807, 2.05) is 13.1 Å². The first-order valence-electron chi connectivity index (χ1n) is 7.64. The lowest BCUT2D eigenvalue weighted by molar-refractivity contribution is 0.178. The van der Waals surface area contributed by atoms with Gasteiger partial charge in [-0.25, -0.2) is 9.97 Å². The molecule has 120 valence electrons. The van der Waals surface area contributed by atoms with Gasteiger partial charge in [0.05, 0.1) is 0 Å². The molecule has 6 nitrogen and oxygen atoms in total. The zero-order chi connectivity index (χ0) is 15.5. The van der Waals surface area contributed by atoms with Crippen LogP contribution >= 0.6 is 0 Å². The second-order valence-electron chi connectivity index (χ2n) is 5.09. The van der Waals surface area contributed by atoms with Gasteiger partial charge in [-0.15, -0.1) is 0 Å². The highest BCUT2D eigenvalue weighted by molar-refractivity contribution is 5.48. The molecule has 6 heteroatoms. The molecule has 0 spiro atoms. The van der Waals surface area contributed by atoms with Gasteiger partial charge >= 0.3 is 0 Å². The maximum absolute atomic E-state index is 8.81. The minimum atomic E-state index is 0.264. The van der Waals surface area contributed by atoms with Gasteiger partial charge in [0, 0.05) is 39.9 Å². The van der Waals surface area contributed by atoms with Crippen molar-refractivity contribution in [1.29, 1.82) is 0 Å². The summed E-state index contributed by atoms with van der Waals surface area (Å²) in [6, 6.07) is 1.97. The zero-order valence-corrected chi connectivity index (χ0v) is 13.4. The molecule has 1 aromatic heterocycles. The fraction of sp³-hybridized carbons (Fsp3) is 0.733. The van der Waals surface area contributed by atoms with Crippen molar-refractivity contribution < 1.29 is 9.84 Å². The molecule has 1 rings (SSSR count).